The smallest absolute Gasteiger partial charge is 0.306 e. The molecule has 1 aromatic rings. The minimum absolute atomic E-state index is 0.0934. The number of carboxylic acids is 1. The Morgan fingerprint density at radius 3 is 2.21 bits per heavy atom. The van der Waals surface area contributed by atoms with Gasteiger partial charge >= 0.3 is 5.97 Å². The maximum Gasteiger partial charge on any atom is 0.306 e. The van der Waals surface area contributed by atoms with Crippen molar-refractivity contribution in [3.63, 3.8) is 0 Å². The normalized spacial score (nSPS) is 21.3. The molecule has 0 bridgehead atoms. The minimum atomic E-state index is -4.09. The summed E-state index contributed by atoms with van der Waals surface area (Å²) in [6, 6.07) is 1.60. The van der Waals surface area contributed by atoms with Gasteiger partial charge in [-0.05, 0) is 25.7 Å². The van der Waals surface area contributed by atoms with Crippen molar-refractivity contribution >= 4 is 16.0 Å². The van der Waals surface area contributed by atoms with Crippen LogP contribution in [-0.4, -0.2) is 39.8 Å². The number of hydrogen-bond donors (Lipinski definition) is 2. The van der Waals surface area contributed by atoms with Crippen LogP contribution in [0.1, 0.15) is 25.7 Å². The van der Waals surface area contributed by atoms with E-state index in [1.807, 2.05) is 0 Å². The lowest BCUT2D eigenvalue weighted by Crippen LogP contribution is -2.39. The molecule has 0 radical (unpaired) electrons. The number of carbonyl (C=O) groups is 1. The summed E-state index contributed by atoms with van der Waals surface area (Å²) in [6.07, 6.45) is 1.56. The van der Waals surface area contributed by atoms with Crippen LogP contribution in [0.25, 0.3) is 0 Å². The fourth-order valence-corrected chi connectivity index (χ4v) is 4.16. The molecule has 7 nitrogen and oxygen atoms in total. The highest BCUT2D eigenvalue weighted by atomic mass is 32.2. The van der Waals surface area contributed by atoms with Crippen molar-refractivity contribution in [3.05, 3.63) is 17.9 Å². The van der Waals surface area contributed by atoms with Gasteiger partial charge in [0, 0.05) is 18.2 Å². The van der Waals surface area contributed by atoms with Gasteiger partial charge in [0.2, 0.25) is 10.0 Å². The summed E-state index contributed by atoms with van der Waals surface area (Å²) in [4.78, 5) is 10.4. The Labute approximate surface area is 139 Å². The first-order valence-electron chi connectivity index (χ1n) is 7.45. The first-order chi connectivity index (χ1) is 11.3. The quantitative estimate of drug-likeness (QED) is 0.801. The molecule has 1 aliphatic carbocycles. The number of benzene rings is 1. The minimum Gasteiger partial charge on any atom is -0.493 e. The lowest BCUT2D eigenvalue weighted by atomic mass is 9.87. The number of hydrogen-bond acceptors (Lipinski definition) is 5. The zero-order valence-corrected chi connectivity index (χ0v) is 14.2. The Morgan fingerprint density at radius 1 is 1.17 bits per heavy atom. The Hall–Kier alpha value is -1.87. The first-order valence-corrected chi connectivity index (χ1v) is 8.93. The van der Waals surface area contributed by atoms with E-state index < -0.39 is 38.7 Å². The van der Waals surface area contributed by atoms with Crippen molar-refractivity contribution in [2.24, 2.45) is 5.92 Å². The second-order valence-electron chi connectivity index (χ2n) is 5.65. The third-order valence-corrected chi connectivity index (χ3v) is 5.66. The largest absolute Gasteiger partial charge is 0.493 e. The van der Waals surface area contributed by atoms with E-state index in [2.05, 4.69) is 4.72 Å². The molecule has 0 heterocycles. The number of halogens is 1. The van der Waals surface area contributed by atoms with E-state index in [0.29, 0.717) is 25.7 Å². The van der Waals surface area contributed by atoms with Gasteiger partial charge in [0.05, 0.1) is 20.1 Å². The molecule has 1 fully saturated rings. The molecular formula is C15H20FNO6S. The van der Waals surface area contributed by atoms with Crippen LogP contribution < -0.4 is 14.2 Å². The van der Waals surface area contributed by atoms with Crippen LogP contribution in [0.2, 0.25) is 0 Å². The topological polar surface area (TPSA) is 102 Å². The molecule has 0 aliphatic heterocycles. The Bertz CT molecular complexity index is 713. The number of carboxylic acid groups (broad SMARTS) is 1. The average molecular weight is 361 g/mol. The van der Waals surface area contributed by atoms with Gasteiger partial charge in [-0.1, -0.05) is 0 Å². The highest BCUT2D eigenvalue weighted by Crippen LogP contribution is 2.32. The second kappa shape index (κ2) is 7.35. The number of aliphatic carboxylic acids is 1. The van der Waals surface area contributed by atoms with Crippen molar-refractivity contribution < 1.29 is 32.2 Å². The number of methoxy groups -OCH3 is 2. The zero-order chi connectivity index (χ0) is 17.9. The predicted molar refractivity (Wildman–Crippen MR) is 83.2 cm³/mol. The van der Waals surface area contributed by atoms with E-state index >= 15 is 0 Å². The SMILES string of the molecule is COc1cc(F)c(S(=O)(=O)NC2CCC(C(=O)O)CC2)cc1OC. The van der Waals surface area contributed by atoms with Crippen molar-refractivity contribution in [3.8, 4) is 11.5 Å². The number of sulfonamides is 1. The summed E-state index contributed by atoms with van der Waals surface area (Å²) in [7, 11) is -1.44. The van der Waals surface area contributed by atoms with Crippen molar-refractivity contribution in [2.75, 3.05) is 14.2 Å². The van der Waals surface area contributed by atoms with Crippen LogP contribution in [0.3, 0.4) is 0 Å². The van der Waals surface area contributed by atoms with Crippen molar-refractivity contribution in [1.29, 1.82) is 0 Å². The van der Waals surface area contributed by atoms with E-state index in [9.17, 15) is 17.6 Å². The molecule has 0 saturated heterocycles. The molecule has 2 rings (SSSR count). The molecule has 0 aromatic heterocycles. The van der Waals surface area contributed by atoms with E-state index in [-0.39, 0.29) is 11.5 Å². The van der Waals surface area contributed by atoms with Crippen LogP contribution in [0.4, 0.5) is 4.39 Å². The maximum absolute atomic E-state index is 14.1. The van der Waals surface area contributed by atoms with Crippen molar-refractivity contribution in [2.45, 2.75) is 36.6 Å². The van der Waals surface area contributed by atoms with Gasteiger partial charge in [0.15, 0.2) is 11.5 Å². The highest BCUT2D eigenvalue weighted by molar-refractivity contribution is 7.89. The fourth-order valence-electron chi connectivity index (χ4n) is 2.78. The molecule has 0 unspecified atom stereocenters. The van der Waals surface area contributed by atoms with E-state index in [1.54, 1.807) is 0 Å². The lowest BCUT2D eigenvalue weighted by molar-refractivity contribution is -0.142. The third-order valence-electron chi connectivity index (χ3n) is 4.13. The Morgan fingerprint density at radius 2 is 1.71 bits per heavy atom. The molecule has 24 heavy (non-hydrogen) atoms. The molecule has 9 heteroatoms. The van der Waals surface area contributed by atoms with Gasteiger partial charge in [-0.2, -0.15) is 0 Å². The molecule has 1 aromatic carbocycles. The standard InChI is InChI=1S/C15H20FNO6S/c1-22-12-7-11(16)14(8-13(12)23-2)24(20,21)17-10-5-3-9(4-6-10)15(18)19/h7-10,17H,3-6H2,1-2H3,(H,18,19). The first kappa shape index (κ1) is 18.5. The maximum atomic E-state index is 14.1. The van der Waals surface area contributed by atoms with E-state index in [0.717, 1.165) is 12.1 Å². The number of ether oxygens (including phenoxy) is 2. The molecule has 134 valence electrons. The van der Waals surface area contributed by atoms with Gasteiger partial charge in [-0.15, -0.1) is 0 Å². The monoisotopic (exact) mass is 361 g/mol. The van der Waals surface area contributed by atoms with Crippen molar-refractivity contribution in [1.82, 2.24) is 4.72 Å². The van der Waals surface area contributed by atoms with Gasteiger partial charge < -0.3 is 14.6 Å². The molecule has 0 atom stereocenters. The summed E-state index contributed by atoms with van der Waals surface area (Å²) in [5, 5.41) is 8.96. The number of rotatable bonds is 6. The van der Waals surface area contributed by atoms with Crippen LogP contribution in [-0.2, 0) is 14.8 Å². The summed E-state index contributed by atoms with van der Waals surface area (Å²) in [5.74, 6) is -2.07. The van der Waals surface area contributed by atoms with Gasteiger partial charge in [0.25, 0.3) is 0 Å². The summed E-state index contributed by atoms with van der Waals surface area (Å²) in [6.45, 7) is 0. The van der Waals surface area contributed by atoms with E-state index in [4.69, 9.17) is 14.6 Å². The molecule has 1 saturated carbocycles. The summed E-state index contributed by atoms with van der Waals surface area (Å²) in [5.41, 5.74) is 0. The fraction of sp³-hybridized carbons (Fsp3) is 0.533. The molecule has 2 N–H and O–H groups in total. The number of nitrogens with one attached hydrogen (secondary N) is 1. The van der Waals surface area contributed by atoms with Gasteiger partial charge in [-0.25, -0.2) is 17.5 Å². The van der Waals surface area contributed by atoms with Crippen LogP contribution >= 0.6 is 0 Å². The highest BCUT2D eigenvalue weighted by Gasteiger charge is 2.30. The van der Waals surface area contributed by atoms with Crippen LogP contribution in [0, 0.1) is 11.7 Å². The lowest BCUT2D eigenvalue weighted by Gasteiger charge is -2.26. The van der Waals surface area contributed by atoms with Gasteiger partial charge in [0.1, 0.15) is 10.7 Å². The Kier molecular flexibility index (Phi) is 5.66. The molecule has 0 spiro atoms. The second-order valence-corrected chi connectivity index (χ2v) is 7.33. The third kappa shape index (κ3) is 3.96. The average Bonchev–Trinajstić information content (AvgIpc) is 2.54. The van der Waals surface area contributed by atoms with E-state index in [1.165, 1.54) is 14.2 Å². The molecule has 1 aliphatic rings. The van der Waals surface area contributed by atoms with Crippen LogP contribution in [0.5, 0.6) is 11.5 Å². The summed E-state index contributed by atoms with van der Waals surface area (Å²) >= 11 is 0. The van der Waals surface area contributed by atoms with Crippen LogP contribution in [0.15, 0.2) is 17.0 Å². The predicted octanol–water partition coefficient (Wildman–Crippen LogP) is 1.76. The summed E-state index contributed by atoms with van der Waals surface area (Å²) < 4.78 is 51.4. The molecule has 0 amide bonds. The zero-order valence-electron chi connectivity index (χ0n) is 13.4. The van der Waals surface area contributed by atoms with Gasteiger partial charge in [-0.3, -0.25) is 4.79 Å². The Balaban J connectivity index is 2.18. The molecular weight excluding hydrogens is 341 g/mol.